The van der Waals surface area contributed by atoms with E-state index in [1.54, 1.807) is 20.8 Å². The summed E-state index contributed by atoms with van der Waals surface area (Å²) in [7, 11) is 0. The maximum Gasteiger partial charge on any atom is 0.323 e. The number of nitrogens with one attached hydrogen (secondary N) is 1. The zero-order valence-corrected chi connectivity index (χ0v) is 18.3. The van der Waals surface area contributed by atoms with Crippen LogP contribution in [0.3, 0.4) is 0 Å². The number of rotatable bonds is 5. The van der Waals surface area contributed by atoms with Gasteiger partial charge in [0.25, 0.3) is 6.64 Å². The molecule has 29 heavy (non-hydrogen) atoms. The van der Waals surface area contributed by atoms with Crippen LogP contribution < -0.4 is 5.09 Å². The highest BCUT2D eigenvalue weighted by Gasteiger charge is 2.60. The lowest BCUT2D eigenvalue weighted by molar-refractivity contribution is -0.157. The Morgan fingerprint density at radius 1 is 1.45 bits per heavy atom. The van der Waals surface area contributed by atoms with Crippen molar-refractivity contribution in [1.29, 1.82) is 0 Å². The van der Waals surface area contributed by atoms with Crippen LogP contribution in [0.4, 0.5) is 0 Å². The average Bonchev–Trinajstić information content (AvgIpc) is 2.85. The zero-order valence-electron chi connectivity index (χ0n) is 16.6. The lowest BCUT2D eigenvalue weighted by Crippen LogP contribution is -2.55. The number of fused-ring (bicyclic) bond motifs is 1. The van der Waals surface area contributed by atoms with Crippen LogP contribution in [0.1, 0.15) is 34.1 Å². The Kier molecular flexibility index (Phi) is 6.31. The van der Waals surface area contributed by atoms with Crippen molar-refractivity contribution in [3.8, 4) is 0 Å². The summed E-state index contributed by atoms with van der Waals surface area (Å²) in [6.45, 7) is 3.39. The summed E-state index contributed by atoms with van der Waals surface area (Å²) >= 11 is 5.46. The first kappa shape index (κ1) is 22.5. The number of hydrogen-bond acceptors (Lipinski definition) is 9. The van der Waals surface area contributed by atoms with Crippen LogP contribution in [0.5, 0.6) is 0 Å². The molecular weight excluding hydrogens is 423 g/mol. The first-order chi connectivity index (χ1) is 13.4. The van der Waals surface area contributed by atoms with Gasteiger partial charge in [0.15, 0.2) is 12.0 Å². The number of carbonyl (C=O) groups excluding carboxylic acids is 3. The van der Waals surface area contributed by atoms with Crippen molar-refractivity contribution in [1.82, 2.24) is 9.99 Å². The molecule has 0 spiro atoms. The molecular formula is C17H25N2O8PS. The third-order valence-corrected chi connectivity index (χ3v) is 7.31. The molecule has 3 rings (SSSR count). The molecule has 1 amide bonds. The molecule has 3 aliphatic rings. The van der Waals surface area contributed by atoms with Gasteiger partial charge < -0.3 is 23.6 Å². The molecule has 3 aliphatic heterocycles. The van der Waals surface area contributed by atoms with Crippen LogP contribution in [-0.2, 0) is 44.7 Å². The monoisotopic (exact) mass is 448 g/mol. The Morgan fingerprint density at radius 3 is 2.76 bits per heavy atom. The van der Waals surface area contributed by atoms with Crippen molar-refractivity contribution in [3.63, 3.8) is 0 Å². The lowest BCUT2D eigenvalue weighted by Gasteiger charge is -2.39. The van der Waals surface area contributed by atoms with Crippen molar-refractivity contribution in [2.45, 2.75) is 70.3 Å². The van der Waals surface area contributed by atoms with Gasteiger partial charge in [-0.3, -0.25) is 19.3 Å². The largest absolute Gasteiger partial charge is 0.462 e. The molecule has 0 aliphatic carbocycles. The summed E-state index contributed by atoms with van der Waals surface area (Å²) in [5.74, 6) is -1.30. The normalized spacial score (nSPS) is 38.3. The highest BCUT2D eigenvalue weighted by molar-refractivity contribution is 8.09. The Balaban J connectivity index is 1.73. The molecule has 0 bridgehead atoms. The smallest absolute Gasteiger partial charge is 0.323 e. The first-order valence-corrected chi connectivity index (χ1v) is 11.9. The third kappa shape index (κ3) is 4.61. The number of hydrogen-bond donors (Lipinski definition) is 2. The Bertz CT molecular complexity index is 785. The molecule has 0 aromatic carbocycles. The summed E-state index contributed by atoms with van der Waals surface area (Å²) in [6, 6.07) is -0.777. The minimum Gasteiger partial charge on any atom is -0.462 e. The maximum atomic E-state index is 12.2. The van der Waals surface area contributed by atoms with Crippen LogP contribution in [-0.4, -0.2) is 70.5 Å². The zero-order chi connectivity index (χ0) is 21.6. The second kappa shape index (κ2) is 8.14. The maximum absolute atomic E-state index is 12.2. The molecule has 10 nitrogen and oxygen atoms in total. The minimum atomic E-state index is -3.14. The number of ether oxygens (including phenoxy) is 2. The minimum absolute atomic E-state index is 0.0121. The van der Waals surface area contributed by atoms with Gasteiger partial charge in [0.1, 0.15) is 23.9 Å². The van der Waals surface area contributed by atoms with E-state index < -0.39 is 48.6 Å². The molecule has 2 N–H and O–H groups in total. The van der Waals surface area contributed by atoms with Gasteiger partial charge in [0, 0.05) is 6.20 Å². The summed E-state index contributed by atoms with van der Waals surface area (Å²) in [5, 5.41) is 14.0. The van der Waals surface area contributed by atoms with Gasteiger partial charge in [-0.15, -0.1) is 0 Å². The number of ketones is 1. The van der Waals surface area contributed by atoms with E-state index in [0.717, 1.165) is 0 Å². The van der Waals surface area contributed by atoms with Crippen molar-refractivity contribution < 1.29 is 38.0 Å². The van der Waals surface area contributed by atoms with Crippen LogP contribution in [0.25, 0.3) is 0 Å². The SMILES string of the molecule is CC(C)OC(=O)C(C)NP1(=S)OC[C@H]2O[C@@H](N3C=CC(=O)CC3=O)[C@](C)(O)[C@@H]2O1. The summed E-state index contributed by atoms with van der Waals surface area (Å²) in [5.41, 5.74) is -1.62. The second-order valence-electron chi connectivity index (χ2n) is 7.67. The molecule has 0 saturated carbocycles. The predicted molar refractivity (Wildman–Crippen MR) is 104 cm³/mol. The predicted octanol–water partition coefficient (Wildman–Crippen LogP) is 0.347. The van der Waals surface area contributed by atoms with Gasteiger partial charge in [-0.25, -0.2) is 5.09 Å². The van der Waals surface area contributed by atoms with Gasteiger partial charge in [0.05, 0.1) is 19.1 Å². The molecule has 2 saturated heterocycles. The lowest BCUT2D eigenvalue weighted by atomic mass is 9.95. The Morgan fingerprint density at radius 2 is 2.14 bits per heavy atom. The molecule has 0 aromatic heterocycles. The van der Waals surface area contributed by atoms with Crippen molar-refractivity contribution in [2.75, 3.05) is 6.61 Å². The number of nitrogens with zero attached hydrogens (tertiary/aromatic N) is 1. The number of allylic oxidation sites excluding steroid dienone is 1. The molecule has 162 valence electrons. The average molecular weight is 448 g/mol. The fourth-order valence-corrected chi connectivity index (χ4v) is 6.04. The molecule has 3 heterocycles. The van der Waals surface area contributed by atoms with Crippen molar-refractivity contribution in [3.05, 3.63) is 12.3 Å². The molecule has 6 atom stereocenters. The summed E-state index contributed by atoms with van der Waals surface area (Å²) < 4.78 is 22.5. The van der Waals surface area contributed by atoms with Gasteiger partial charge in [-0.2, -0.15) is 0 Å². The topological polar surface area (TPSA) is 124 Å². The second-order valence-corrected chi connectivity index (χ2v) is 10.8. The third-order valence-electron chi connectivity index (χ3n) is 4.72. The van der Waals surface area contributed by atoms with Crippen LogP contribution in [0.2, 0.25) is 0 Å². The number of amides is 1. The highest BCUT2D eigenvalue weighted by Crippen LogP contribution is 2.54. The highest BCUT2D eigenvalue weighted by atomic mass is 32.5. The molecule has 0 aromatic rings. The van der Waals surface area contributed by atoms with E-state index in [-0.39, 0.29) is 24.9 Å². The fourth-order valence-electron chi connectivity index (χ4n) is 3.34. The van der Waals surface area contributed by atoms with E-state index >= 15 is 0 Å². The van der Waals surface area contributed by atoms with Gasteiger partial charge in [-0.1, -0.05) is 0 Å². The number of esters is 1. The molecule has 0 radical (unpaired) electrons. The Labute approximate surface area is 173 Å². The summed E-state index contributed by atoms with van der Waals surface area (Å²) in [6.07, 6.45) is -0.666. The van der Waals surface area contributed by atoms with Crippen LogP contribution in [0.15, 0.2) is 12.3 Å². The van der Waals surface area contributed by atoms with E-state index in [0.29, 0.717) is 0 Å². The van der Waals surface area contributed by atoms with Crippen LogP contribution >= 0.6 is 6.64 Å². The van der Waals surface area contributed by atoms with Gasteiger partial charge >= 0.3 is 5.97 Å². The fraction of sp³-hybridized carbons (Fsp3) is 0.706. The van der Waals surface area contributed by atoms with E-state index in [4.69, 9.17) is 30.3 Å². The van der Waals surface area contributed by atoms with E-state index in [9.17, 15) is 19.5 Å². The Hall–Kier alpha value is -1.20. The number of carbonyl (C=O) groups is 3. The number of aliphatic hydroxyl groups is 1. The van der Waals surface area contributed by atoms with Crippen molar-refractivity contribution in [2.24, 2.45) is 0 Å². The standard InChI is InChI=1S/C17H25N2O8PS/c1-9(2)25-15(22)10(3)18-28(29)24-8-12-14(27-28)17(4,23)16(26-12)19-6-5-11(20)7-13(19)21/h5-6,9-10,12,14,16,23H,7-8H2,1-4H3,(H,18,29)/t10?,12-,14-,16-,17-,28?/m1/s1. The quantitative estimate of drug-likeness (QED) is 0.346. The van der Waals surface area contributed by atoms with Crippen LogP contribution in [0, 0.1) is 0 Å². The van der Waals surface area contributed by atoms with E-state index in [2.05, 4.69) is 5.09 Å². The molecule has 2 fully saturated rings. The van der Waals surface area contributed by atoms with Gasteiger partial charge in [0.2, 0.25) is 5.91 Å². The molecule has 12 heteroatoms. The van der Waals surface area contributed by atoms with E-state index in [1.807, 2.05) is 0 Å². The first-order valence-electron chi connectivity index (χ1n) is 9.24. The summed E-state index contributed by atoms with van der Waals surface area (Å²) in [4.78, 5) is 36.9. The van der Waals surface area contributed by atoms with E-state index in [1.165, 1.54) is 24.1 Å². The van der Waals surface area contributed by atoms with Gasteiger partial charge in [-0.05, 0) is 45.6 Å². The van der Waals surface area contributed by atoms with Crippen molar-refractivity contribution >= 4 is 36.1 Å². The molecule has 2 unspecified atom stereocenters.